The molecule has 0 aromatic heterocycles. The molecule has 0 fully saturated rings. The minimum atomic E-state index is 0.874. The van der Waals surface area contributed by atoms with Gasteiger partial charge in [-0.2, -0.15) is 0 Å². The summed E-state index contributed by atoms with van der Waals surface area (Å²) in [5.41, 5.74) is 6.70. The van der Waals surface area contributed by atoms with E-state index in [1.807, 2.05) is 0 Å². The number of aryl methyl sites for hydroxylation is 2. The summed E-state index contributed by atoms with van der Waals surface area (Å²) in [5.74, 6) is 0. The van der Waals surface area contributed by atoms with Crippen molar-refractivity contribution in [3.63, 3.8) is 0 Å². The molecule has 0 aliphatic carbocycles. The molecule has 3 heteroatoms. The van der Waals surface area contributed by atoms with Crippen LogP contribution in [0.3, 0.4) is 0 Å². The molecule has 0 saturated heterocycles. The summed E-state index contributed by atoms with van der Waals surface area (Å²) in [6.45, 7) is 4.18. The van der Waals surface area contributed by atoms with Gasteiger partial charge in [0.15, 0.2) is 0 Å². The van der Waals surface area contributed by atoms with E-state index in [-0.39, 0.29) is 0 Å². The van der Waals surface area contributed by atoms with Gasteiger partial charge in [-0.15, -0.1) is 0 Å². The van der Waals surface area contributed by atoms with Crippen molar-refractivity contribution in [3.05, 3.63) is 57.6 Å². The van der Waals surface area contributed by atoms with Crippen LogP contribution in [0.4, 0.5) is 11.4 Å². The van der Waals surface area contributed by atoms with E-state index in [1.54, 1.807) is 0 Å². The van der Waals surface area contributed by atoms with Gasteiger partial charge in [-0.1, -0.05) is 28.1 Å². The Kier molecular flexibility index (Phi) is 4.20. The van der Waals surface area contributed by atoms with Crippen molar-refractivity contribution < 1.29 is 0 Å². The SMILES string of the molecule is Cc1cc(Br)ccc1NCc1ccc2c(c1)CCCN2C. The summed E-state index contributed by atoms with van der Waals surface area (Å²) >= 11 is 3.51. The molecule has 2 aromatic carbocycles. The Labute approximate surface area is 135 Å². The number of hydrogen-bond donors (Lipinski definition) is 1. The first-order valence-electron chi connectivity index (χ1n) is 7.46. The summed E-state index contributed by atoms with van der Waals surface area (Å²) in [6.07, 6.45) is 2.46. The summed E-state index contributed by atoms with van der Waals surface area (Å²) in [7, 11) is 2.18. The van der Waals surface area contributed by atoms with Crippen LogP contribution >= 0.6 is 15.9 Å². The zero-order valence-corrected chi connectivity index (χ0v) is 14.2. The van der Waals surface area contributed by atoms with E-state index >= 15 is 0 Å². The molecular weight excluding hydrogens is 324 g/mol. The first kappa shape index (κ1) is 14.5. The number of fused-ring (bicyclic) bond motifs is 1. The van der Waals surface area contributed by atoms with Crippen LogP contribution in [0.5, 0.6) is 0 Å². The third-order valence-corrected chi connectivity index (χ3v) is 4.66. The Morgan fingerprint density at radius 2 is 2.05 bits per heavy atom. The highest BCUT2D eigenvalue weighted by Gasteiger charge is 2.13. The Hall–Kier alpha value is -1.48. The van der Waals surface area contributed by atoms with Crippen LogP contribution in [-0.2, 0) is 13.0 Å². The summed E-state index contributed by atoms with van der Waals surface area (Å²) < 4.78 is 1.13. The van der Waals surface area contributed by atoms with E-state index in [4.69, 9.17) is 0 Å². The van der Waals surface area contributed by atoms with E-state index in [0.717, 1.165) is 11.0 Å². The Bertz CT molecular complexity index is 652. The maximum absolute atomic E-state index is 3.54. The minimum absolute atomic E-state index is 0.874. The largest absolute Gasteiger partial charge is 0.381 e. The van der Waals surface area contributed by atoms with Crippen molar-refractivity contribution in [2.45, 2.75) is 26.3 Å². The summed E-state index contributed by atoms with van der Waals surface area (Å²) in [5, 5.41) is 3.54. The maximum atomic E-state index is 3.54. The topological polar surface area (TPSA) is 15.3 Å². The second-order valence-corrected chi connectivity index (χ2v) is 6.72. The van der Waals surface area contributed by atoms with Crippen molar-refractivity contribution in [2.75, 3.05) is 23.8 Å². The number of rotatable bonds is 3. The van der Waals surface area contributed by atoms with E-state index in [1.165, 1.54) is 47.5 Å². The number of hydrogen-bond acceptors (Lipinski definition) is 2. The predicted octanol–water partition coefficient (Wildman–Crippen LogP) is 4.75. The maximum Gasteiger partial charge on any atom is 0.0401 e. The lowest BCUT2D eigenvalue weighted by atomic mass is 9.99. The number of nitrogens with one attached hydrogen (secondary N) is 1. The van der Waals surface area contributed by atoms with Crippen LogP contribution in [0.1, 0.15) is 23.1 Å². The smallest absolute Gasteiger partial charge is 0.0401 e. The van der Waals surface area contributed by atoms with Crippen molar-refractivity contribution in [1.82, 2.24) is 0 Å². The van der Waals surface area contributed by atoms with Gasteiger partial charge in [0.25, 0.3) is 0 Å². The molecule has 1 aliphatic heterocycles. The second kappa shape index (κ2) is 6.10. The first-order chi connectivity index (χ1) is 10.1. The average Bonchev–Trinajstić information content (AvgIpc) is 2.46. The molecule has 0 radical (unpaired) electrons. The second-order valence-electron chi connectivity index (χ2n) is 5.80. The Morgan fingerprint density at radius 1 is 1.19 bits per heavy atom. The van der Waals surface area contributed by atoms with E-state index in [9.17, 15) is 0 Å². The van der Waals surface area contributed by atoms with Gasteiger partial charge in [-0.05, 0) is 60.7 Å². The number of halogens is 1. The van der Waals surface area contributed by atoms with Crippen molar-refractivity contribution in [2.24, 2.45) is 0 Å². The van der Waals surface area contributed by atoms with Crippen molar-refractivity contribution in [1.29, 1.82) is 0 Å². The predicted molar refractivity (Wildman–Crippen MR) is 94.2 cm³/mol. The quantitative estimate of drug-likeness (QED) is 0.863. The van der Waals surface area contributed by atoms with Gasteiger partial charge in [0, 0.05) is 36.0 Å². The molecule has 3 rings (SSSR count). The molecular formula is C18H21BrN2. The average molecular weight is 345 g/mol. The molecule has 0 atom stereocenters. The fourth-order valence-corrected chi connectivity index (χ4v) is 3.45. The molecule has 1 aliphatic rings. The van der Waals surface area contributed by atoms with Gasteiger partial charge in [0.2, 0.25) is 0 Å². The van der Waals surface area contributed by atoms with E-state index in [0.29, 0.717) is 0 Å². The summed E-state index contributed by atoms with van der Waals surface area (Å²) in [4.78, 5) is 2.36. The lowest BCUT2D eigenvalue weighted by Gasteiger charge is -2.28. The molecule has 110 valence electrons. The van der Waals surface area contributed by atoms with Gasteiger partial charge in [-0.3, -0.25) is 0 Å². The highest BCUT2D eigenvalue weighted by molar-refractivity contribution is 9.10. The van der Waals surface area contributed by atoms with Crippen molar-refractivity contribution in [3.8, 4) is 0 Å². The van der Waals surface area contributed by atoms with Crippen LogP contribution in [0.2, 0.25) is 0 Å². The third kappa shape index (κ3) is 3.24. The standard InChI is InChI=1S/C18H21BrN2/c1-13-10-16(19)6-7-17(13)20-12-14-5-8-18-15(11-14)4-3-9-21(18)2/h5-8,10-11,20H,3-4,9,12H2,1-2H3. The molecule has 1 heterocycles. The number of nitrogens with zero attached hydrogens (tertiary/aromatic N) is 1. The lowest BCUT2D eigenvalue weighted by Crippen LogP contribution is -2.24. The van der Waals surface area contributed by atoms with Crippen LogP contribution in [0, 0.1) is 6.92 Å². The van der Waals surface area contributed by atoms with Crippen LogP contribution < -0.4 is 10.2 Å². The molecule has 0 spiro atoms. The fraction of sp³-hybridized carbons (Fsp3) is 0.333. The molecule has 0 unspecified atom stereocenters. The zero-order chi connectivity index (χ0) is 14.8. The van der Waals surface area contributed by atoms with Gasteiger partial charge in [0.1, 0.15) is 0 Å². The third-order valence-electron chi connectivity index (χ3n) is 4.17. The molecule has 0 amide bonds. The van der Waals surface area contributed by atoms with E-state index in [2.05, 4.69) is 76.5 Å². The number of benzene rings is 2. The number of anilines is 2. The highest BCUT2D eigenvalue weighted by Crippen LogP contribution is 2.27. The fourth-order valence-electron chi connectivity index (χ4n) is 2.97. The molecule has 1 N–H and O–H groups in total. The normalized spacial score (nSPS) is 14.0. The van der Waals surface area contributed by atoms with Gasteiger partial charge >= 0.3 is 0 Å². The van der Waals surface area contributed by atoms with Gasteiger partial charge < -0.3 is 10.2 Å². The molecule has 0 saturated carbocycles. The van der Waals surface area contributed by atoms with E-state index < -0.39 is 0 Å². The molecule has 21 heavy (non-hydrogen) atoms. The first-order valence-corrected chi connectivity index (χ1v) is 8.26. The van der Waals surface area contributed by atoms with Gasteiger partial charge in [-0.25, -0.2) is 0 Å². The zero-order valence-electron chi connectivity index (χ0n) is 12.6. The monoisotopic (exact) mass is 344 g/mol. The van der Waals surface area contributed by atoms with Crippen molar-refractivity contribution >= 4 is 27.3 Å². The Morgan fingerprint density at radius 3 is 2.86 bits per heavy atom. The molecule has 2 nitrogen and oxygen atoms in total. The summed E-state index contributed by atoms with van der Waals surface area (Å²) in [6, 6.07) is 13.2. The molecule has 0 bridgehead atoms. The lowest BCUT2D eigenvalue weighted by molar-refractivity contribution is 0.743. The Balaban J connectivity index is 1.73. The van der Waals surface area contributed by atoms with Crippen LogP contribution in [-0.4, -0.2) is 13.6 Å². The molecule has 2 aromatic rings. The van der Waals surface area contributed by atoms with Crippen LogP contribution in [0.15, 0.2) is 40.9 Å². The highest BCUT2D eigenvalue weighted by atomic mass is 79.9. The minimum Gasteiger partial charge on any atom is -0.381 e. The van der Waals surface area contributed by atoms with Gasteiger partial charge in [0.05, 0.1) is 0 Å². The van der Waals surface area contributed by atoms with Crippen LogP contribution in [0.25, 0.3) is 0 Å².